The quantitative estimate of drug-likeness (QED) is 0.886. The number of likely N-dealkylation sites (tertiary alicyclic amines) is 1. The molecule has 1 atom stereocenters. The Bertz CT molecular complexity index is 700. The molecule has 0 saturated carbocycles. The van der Waals surface area contributed by atoms with Crippen LogP contribution in [0.5, 0.6) is 5.75 Å². The van der Waals surface area contributed by atoms with Crippen molar-refractivity contribution in [2.75, 3.05) is 25.5 Å². The van der Waals surface area contributed by atoms with E-state index in [1.54, 1.807) is 18.2 Å². The fourth-order valence-electron chi connectivity index (χ4n) is 3.45. The number of fused-ring (bicyclic) bond motifs is 1. The molecule has 1 N–H and O–H groups in total. The van der Waals surface area contributed by atoms with Crippen LogP contribution in [0, 0.1) is 0 Å². The van der Waals surface area contributed by atoms with Crippen LogP contribution in [0.2, 0.25) is 0 Å². The van der Waals surface area contributed by atoms with Gasteiger partial charge >= 0.3 is 6.36 Å². The Balaban J connectivity index is 1.73. The number of methoxy groups -OCH3 is 1. The smallest absolute Gasteiger partial charge is 0.495 e. The first-order valence-electron chi connectivity index (χ1n) is 8.28. The predicted octanol–water partition coefficient (Wildman–Crippen LogP) is 2.65. The van der Waals surface area contributed by atoms with Gasteiger partial charge < -0.3 is 15.0 Å². The Morgan fingerprint density at radius 1 is 1.27 bits per heavy atom. The van der Waals surface area contributed by atoms with Crippen molar-refractivity contribution in [3.8, 4) is 5.75 Å². The zero-order chi connectivity index (χ0) is 18.9. The van der Waals surface area contributed by atoms with E-state index in [2.05, 4.69) is 10.1 Å². The molecular formula is C17H19F3N2O4. The van der Waals surface area contributed by atoms with E-state index in [1.807, 2.05) is 0 Å². The predicted molar refractivity (Wildman–Crippen MR) is 85.7 cm³/mol. The molecule has 6 nitrogen and oxygen atoms in total. The van der Waals surface area contributed by atoms with Gasteiger partial charge in [0.2, 0.25) is 11.8 Å². The maximum atomic E-state index is 12.9. The summed E-state index contributed by atoms with van der Waals surface area (Å²) in [5, 5.41) is 2.72. The minimum absolute atomic E-state index is 0.00200. The van der Waals surface area contributed by atoms with Gasteiger partial charge in [0.25, 0.3) is 0 Å². The largest absolute Gasteiger partial charge is 0.522 e. The van der Waals surface area contributed by atoms with E-state index in [1.165, 1.54) is 12.0 Å². The van der Waals surface area contributed by atoms with Gasteiger partial charge in [-0.1, -0.05) is 12.1 Å². The summed E-state index contributed by atoms with van der Waals surface area (Å²) in [5.74, 6) is -0.768. The van der Waals surface area contributed by atoms with E-state index in [4.69, 9.17) is 4.74 Å². The van der Waals surface area contributed by atoms with Gasteiger partial charge in [0.1, 0.15) is 5.75 Å². The summed E-state index contributed by atoms with van der Waals surface area (Å²) in [7, 11) is 1.47. The van der Waals surface area contributed by atoms with Crippen LogP contribution in [0.1, 0.15) is 30.7 Å². The summed E-state index contributed by atoms with van der Waals surface area (Å²) in [5.41, 5.74) is 1.13. The number of carbonyl (C=O) groups is 2. The van der Waals surface area contributed by atoms with Crippen LogP contribution in [0.4, 0.5) is 18.9 Å². The molecule has 0 aromatic heterocycles. The number of alkyl halides is 3. The third-order valence-electron chi connectivity index (χ3n) is 4.66. The van der Waals surface area contributed by atoms with Crippen LogP contribution in [-0.4, -0.2) is 49.4 Å². The molecule has 2 aliphatic heterocycles. The van der Waals surface area contributed by atoms with Crippen molar-refractivity contribution in [1.82, 2.24) is 4.90 Å². The molecule has 2 aliphatic rings. The standard InChI is InChI=1S/C17H19F3N2O4/c1-25-13-4-2-3-11-12(9-14(23)21-15(11)13)16(24)22-7-5-10(6-8-22)26-17(18,19)20/h2-4,10,12H,5-9H2,1H3,(H,21,23). The first-order valence-corrected chi connectivity index (χ1v) is 8.28. The van der Waals surface area contributed by atoms with Crippen molar-refractivity contribution in [1.29, 1.82) is 0 Å². The molecule has 2 heterocycles. The van der Waals surface area contributed by atoms with Crippen LogP contribution in [0.3, 0.4) is 0 Å². The van der Waals surface area contributed by atoms with Gasteiger partial charge in [0.15, 0.2) is 0 Å². The molecule has 2 amide bonds. The fourth-order valence-corrected chi connectivity index (χ4v) is 3.45. The summed E-state index contributed by atoms with van der Waals surface area (Å²) in [6.45, 7) is 0.327. The lowest BCUT2D eigenvalue weighted by Gasteiger charge is -2.35. The summed E-state index contributed by atoms with van der Waals surface area (Å²) in [6.07, 6.45) is -5.41. The summed E-state index contributed by atoms with van der Waals surface area (Å²) < 4.78 is 46.2. The summed E-state index contributed by atoms with van der Waals surface area (Å²) in [6, 6.07) is 5.17. The van der Waals surface area contributed by atoms with Crippen LogP contribution in [-0.2, 0) is 14.3 Å². The van der Waals surface area contributed by atoms with Crippen molar-refractivity contribution in [2.24, 2.45) is 0 Å². The minimum atomic E-state index is -4.67. The number of nitrogens with zero attached hydrogens (tertiary/aromatic N) is 1. The highest BCUT2D eigenvalue weighted by Gasteiger charge is 2.38. The Kier molecular flexibility index (Phi) is 5.08. The molecule has 0 radical (unpaired) electrons. The molecule has 1 unspecified atom stereocenters. The molecule has 9 heteroatoms. The average Bonchev–Trinajstić information content (AvgIpc) is 2.59. The maximum absolute atomic E-state index is 12.9. The van der Waals surface area contributed by atoms with Crippen molar-refractivity contribution in [3.05, 3.63) is 23.8 Å². The van der Waals surface area contributed by atoms with E-state index in [-0.39, 0.29) is 44.2 Å². The number of piperidine rings is 1. The van der Waals surface area contributed by atoms with Crippen molar-refractivity contribution in [3.63, 3.8) is 0 Å². The Hall–Kier alpha value is -2.29. The molecule has 0 aliphatic carbocycles. The van der Waals surface area contributed by atoms with Gasteiger partial charge in [-0.3, -0.25) is 14.3 Å². The molecule has 1 aromatic carbocycles. The van der Waals surface area contributed by atoms with Crippen LogP contribution < -0.4 is 10.1 Å². The topological polar surface area (TPSA) is 67.9 Å². The average molecular weight is 372 g/mol. The molecule has 0 spiro atoms. The van der Waals surface area contributed by atoms with Gasteiger partial charge in [-0.15, -0.1) is 13.2 Å². The molecule has 1 fully saturated rings. The van der Waals surface area contributed by atoms with Gasteiger partial charge in [-0.2, -0.15) is 0 Å². The second kappa shape index (κ2) is 7.14. The van der Waals surface area contributed by atoms with Crippen molar-refractivity contribution < 1.29 is 32.2 Å². The van der Waals surface area contributed by atoms with Crippen LogP contribution in [0.15, 0.2) is 18.2 Å². The number of hydrogen-bond acceptors (Lipinski definition) is 4. The van der Waals surface area contributed by atoms with Gasteiger partial charge in [-0.25, -0.2) is 0 Å². The van der Waals surface area contributed by atoms with E-state index < -0.39 is 18.4 Å². The van der Waals surface area contributed by atoms with E-state index in [0.29, 0.717) is 17.0 Å². The van der Waals surface area contributed by atoms with Crippen LogP contribution in [0.25, 0.3) is 0 Å². The lowest BCUT2D eigenvalue weighted by Crippen LogP contribution is -2.45. The summed E-state index contributed by atoms with van der Waals surface area (Å²) >= 11 is 0. The van der Waals surface area contributed by atoms with Gasteiger partial charge in [0.05, 0.1) is 24.8 Å². The fraction of sp³-hybridized carbons (Fsp3) is 0.529. The number of nitrogens with one attached hydrogen (secondary N) is 1. The Morgan fingerprint density at radius 3 is 2.58 bits per heavy atom. The maximum Gasteiger partial charge on any atom is 0.522 e. The molecule has 1 saturated heterocycles. The normalized spacial score (nSPS) is 21.2. The molecule has 26 heavy (non-hydrogen) atoms. The Labute approximate surface area is 148 Å². The second-order valence-corrected chi connectivity index (χ2v) is 6.32. The second-order valence-electron chi connectivity index (χ2n) is 6.32. The molecule has 1 aromatic rings. The SMILES string of the molecule is COc1cccc2c1NC(=O)CC2C(=O)N1CCC(OC(F)(F)F)CC1. The zero-order valence-electron chi connectivity index (χ0n) is 14.1. The third kappa shape index (κ3) is 3.92. The lowest BCUT2D eigenvalue weighted by atomic mass is 9.88. The Morgan fingerprint density at radius 2 is 1.96 bits per heavy atom. The number of para-hydroxylation sites is 1. The molecule has 0 bridgehead atoms. The number of ether oxygens (including phenoxy) is 2. The van der Waals surface area contributed by atoms with Gasteiger partial charge in [0, 0.05) is 19.5 Å². The highest BCUT2D eigenvalue weighted by Crippen LogP contribution is 2.39. The van der Waals surface area contributed by atoms with E-state index in [0.717, 1.165) is 0 Å². The zero-order valence-corrected chi connectivity index (χ0v) is 14.1. The number of halogens is 3. The van der Waals surface area contributed by atoms with Crippen molar-refractivity contribution >= 4 is 17.5 Å². The number of amides is 2. The number of carbonyl (C=O) groups excluding carboxylic acids is 2. The molecular weight excluding hydrogens is 353 g/mol. The monoisotopic (exact) mass is 372 g/mol. The first-order chi connectivity index (χ1) is 12.3. The van der Waals surface area contributed by atoms with Gasteiger partial charge in [-0.05, 0) is 24.5 Å². The minimum Gasteiger partial charge on any atom is -0.495 e. The number of benzene rings is 1. The highest BCUT2D eigenvalue weighted by molar-refractivity contribution is 6.02. The number of hydrogen-bond donors (Lipinski definition) is 1. The van der Waals surface area contributed by atoms with Crippen molar-refractivity contribution in [2.45, 2.75) is 37.6 Å². The van der Waals surface area contributed by atoms with E-state index in [9.17, 15) is 22.8 Å². The van der Waals surface area contributed by atoms with E-state index >= 15 is 0 Å². The molecule has 142 valence electrons. The lowest BCUT2D eigenvalue weighted by molar-refractivity contribution is -0.345. The van der Waals surface area contributed by atoms with Crippen LogP contribution >= 0.6 is 0 Å². The number of rotatable bonds is 3. The highest BCUT2D eigenvalue weighted by atomic mass is 19.4. The third-order valence-corrected chi connectivity index (χ3v) is 4.66. The first kappa shape index (κ1) is 18.5. The molecule has 3 rings (SSSR count). The number of anilines is 1. The summed E-state index contributed by atoms with van der Waals surface area (Å²) in [4.78, 5) is 26.4.